The number of carboxylic acid groups (broad SMARTS) is 1. The molecular weight excluding hydrogens is 180 g/mol. The second kappa shape index (κ2) is 4.75. The number of nitrogens with one attached hydrogen (secondary N) is 2. The summed E-state index contributed by atoms with van der Waals surface area (Å²) in [6.07, 6.45) is 3.96. The van der Waals surface area contributed by atoms with Crippen LogP contribution in [-0.2, 0) is 4.79 Å². The average molecular weight is 200 g/mol. The molecule has 0 spiro atoms. The Morgan fingerprint density at radius 2 is 2.29 bits per heavy atom. The van der Waals surface area contributed by atoms with E-state index in [4.69, 9.17) is 5.11 Å². The van der Waals surface area contributed by atoms with Crippen LogP contribution in [0.2, 0.25) is 0 Å². The van der Waals surface area contributed by atoms with Crippen molar-refractivity contribution in [3.05, 3.63) is 0 Å². The maximum Gasteiger partial charge on any atom is 0.305 e. The predicted molar refractivity (Wildman–Crippen MR) is 55.1 cm³/mol. The summed E-state index contributed by atoms with van der Waals surface area (Å²) in [4.78, 5) is 10.6. The fourth-order valence-corrected chi connectivity index (χ4v) is 1.88. The maximum atomic E-state index is 10.6. The number of aliphatic carboxylic acids is 1. The van der Waals surface area contributed by atoms with Crippen molar-refractivity contribution in [1.82, 2.24) is 10.6 Å². The maximum absolute atomic E-state index is 10.6. The summed E-state index contributed by atoms with van der Waals surface area (Å²) in [5.74, 6) is -0.752. The average Bonchev–Trinajstić information content (AvgIpc) is 2.02. The van der Waals surface area contributed by atoms with E-state index in [0.717, 1.165) is 13.0 Å². The van der Waals surface area contributed by atoms with Crippen LogP contribution < -0.4 is 10.6 Å². The Hall–Kier alpha value is -0.610. The van der Waals surface area contributed by atoms with Crippen LogP contribution in [0.4, 0.5) is 0 Å². The molecule has 0 aromatic carbocycles. The standard InChI is InChI=1S/C10H20N2O2/c1-10(2,7-9(13)14)12-8-5-3-4-6-11-8/h8,11-12H,3-7H2,1-2H3,(H,13,14). The summed E-state index contributed by atoms with van der Waals surface area (Å²) in [5.41, 5.74) is -0.332. The first-order valence-electron chi connectivity index (χ1n) is 5.22. The highest BCUT2D eigenvalue weighted by atomic mass is 16.4. The summed E-state index contributed by atoms with van der Waals surface area (Å²) < 4.78 is 0. The Kier molecular flexibility index (Phi) is 3.89. The molecule has 0 aliphatic carbocycles. The number of carboxylic acids is 1. The quantitative estimate of drug-likeness (QED) is 0.632. The normalized spacial score (nSPS) is 23.4. The van der Waals surface area contributed by atoms with E-state index in [9.17, 15) is 4.79 Å². The molecule has 1 fully saturated rings. The Morgan fingerprint density at radius 3 is 2.79 bits per heavy atom. The van der Waals surface area contributed by atoms with E-state index in [0.29, 0.717) is 0 Å². The molecule has 14 heavy (non-hydrogen) atoms. The molecule has 0 bridgehead atoms. The van der Waals surface area contributed by atoms with Crippen molar-refractivity contribution in [1.29, 1.82) is 0 Å². The molecule has 1 aliphatic heterocycles. The van der Waals surface area contributed by atoms with Gasteiger partial charge in [-0.1, -0.05) is 0 Å². The Labute approximate surface area is 85.1 Å². The van der Waals surface area contributed by atoms with Crippen LogP contribution in [0.1, 0.15) is 39.5 Å². The molecule has 1 atom stereocenters. The monoisotopic (exact) mass is 200 g/mol. The summed E-state index contributed by atoms with van der Waals surface area (Å²) in [6, 6.07) is 0. The smallest absolute Gasteiger partial charge is 0.305 e. The first-order chi connectivity index (χ1) is 6.49. The number of rotatable bonds is 4. The van der Waals surface area contributed by atoms with Gasteiger partial charge in [0, 0.05) is 5.54 Å². The van der Waals surface area contributed by atoms with Crippen LogP contribution in [0.3, 0.4) is 0 Å². The van der Waals surface area contributed by atoms with Gasteiger partial charge in [0.15, 0.2) is 0 Å². The van der Waals surface area contributed by atoms with Crippen molar-refractivity contribution >= 4 is 5.97 Å². The molecule has 4 heteroatoms. The van der Waals surface area contributed by atoms with E-state index in [1.165, 1.54) is 12.8 Å². The molecule has 0 saturated carbocycles. The van der Waals surface area contributed by atoms with Gasteiger partial charge in [-0.3, -0.25) is 10.1 Å². The zero-order valence-electron chi connectivity index (χ0n) is 8.97. The van der Waals surface area contributed by atoms with Gasteiger partial charge in [-0.05, 0) is 39.7 Å². The lowest BCUT2D eigenvalue weighted by Gasteiger charge is -2.33. The van der Waals surface area contributed by atoms with Crippen molar-refractivity contribution in [2.45, 2.75) is 51.2 Å². The lowest BCUT2D eigenvalue weighted by atomic mass is 9.99. The van der Waals surface area contributed by atoms with Crippen molar-refractivity contribution < 1.29 is 9.90 Å². The van der Waals surface area contributed by atoms with Crippen molar-refractivity contribution in [2.75, 3.05) is 6.54 Å². The second-order valence-electron chi connectivity index (χ2n) is 4.60. The van der Waals surface area contributed by atoms with E-state index < -0.39 is 5.97 Å². The zero-order chi connectivity index (χ0) is 10.6. The van der Waals surface area contributed by atoms with Gasteiger partial charge in [-0.25, -0.2) is 0 Å². The predicted octanol–water partition coefficient (Wildman–Crippen LogP) is 0.929. The van der Waals surface area contributed by atoms with E-state index in [2.05, 4.69) is 10.6 Å². The highest BCUT2D eigenvalue weighted by Crippen LogP contribution is 2.13. The molecule has 82 valence electrons. The zero-order valence-corrected chi connectivity index (χ0v) is 8.97. The first-order valence-corrected chi connectivity index (χ1v) is 5.22. The summed E-state index contributed by atoms with van der Waals surface area (Å²) in [5, 5.41) is 15.4. The van der Waals surface area contributed by atoms with Gasteiger partial charge in [-0.2, -0.15) is 0 Å². The number of hydrogen-bond donors (Lipinski definition) is 3. The lowest BCUT2D eigenvalue weighted by Crippen LogP contribution is -2.54. The molecule has 1 aliphatic rings. The third-order valence-electron chi connectivity index (χ3n) is 2.47. The highest BCUT2D eigenvalue weighted by molar-refractivity contribution is 5.68. The van der Waals surface area contributed by atoms with E-state index >= 15 is 0 Å². The minimum Gasteiger partial charge on any atom is -0.481 e. The van der Waals surface area contributed by atoms with Crippen LogP contribution in [0.25, 0.3) is 0 Å². The van der Waals surface area contributed by atoms with Gasteiger partial charge in [0.25, 0.3) is 0 Å². The summed E-state index contributed by atoms with van der Waals surface area (Å²) in [7, 11) is 0. The molecule has 1 heterocycles. The molecular formula is C10H20N2O2. The fourth-order valence-electron chi connectivity index (χ4n) is 1.88. The van der Waals surface area contributed by atoms with Gasteiger partial charge in [0.2, 0.25) is 0 Å². The van der Waals surface area contributed by atoms with Gasteiger partial charge in [0.05, 0.1) is 12.6 Å². The fraction of sp³-hybridized carbons (Fsp3) is 0.900. The van der Waals surface area contributed by atoms with Gasteiger partial charge < -0.3 is 10.4 Å². The van der Waals surface area contributed by atoms with Crippen LogP contribution in [0, 0.1) is 0 Å². The van der Waals surface area contributed by atoms with E-state index in [1.807, 2.05) is 13.8 Å². The topological polar surface area (TPSA) is 61.4 Å². The molecule has 3 N–H and O–H groups in total. The van der Waals surface area contributed by atoms with Gasteiger partial charge >= 0.3 is 5.97 Å². The Bertz CT molecular complexity index is 198. The number of carbonyl (C=O) groups is 1. The third kappa shape index (κ3) is 4.07. The summed E-state index contributed by atoms with van der Waals surface area (Å²) >= 11 is 0. The molecule has 0 amide bonds. The SMILES string of the molecule is CC(C)(CC(=O)O)NC1CCCCN1. The second-order valence-corrected chi connectivity index (χ2v) is 4.60. The summed E-state index contributed by atoms with van der Waals surface area (Å²) in [6.45, 7) is 4.88. The van der Waals surface area contributed by atoms with Gasteiger partial charge in [-0.15, -0.1) is 0 Å². The van der Waals surface area contributed by atoms with Crippen LogP contribution >= 0.6 is 0 Å². The van der Waals surface area contributed by atoms with Crippen LogP contribution in [-0.4, -0.2) is 29.3 Å². The van der Waals surface area contributed by atoms with Crippen molar-refractivity contribution in [2.24, 2.45) is 0 Å². The minimum atomic E-state index is -0.752. The molecule has 0 radical (unpaired) electrons. The number of hydrogen-bond acceptors (Lipinski definition) is 3. The van der Waals surface area contributed by atoms with E-state index in [-0.39, 0.29) is 18.1 Å². The minimum absolute atomic E-state index is 0.158. The lowest BCUT2D eigenvalue weighted by molar-refractivity contribution is -0.138. The first kappa shape index (κ1) is 11.5. The molecule has 1 rings (SSSR count). The molecule has 4 nitrogen and oxygen atoms in total. The molecule has 1 saturated heterocycles. The van der Waals surface area contributed by atoms with Crippen molar-refractivity contribution in [3.8, 4) is 0 Å². The van der Waals surface area contributed by atoms with Crippen molar-refractivity contribution in [3.63, 3.8) is 0 Å². The highest BCUT2D eigenvalue weighted by Gasteiger charge is 2.25. The largest absolute Gasteiger partial charge is 0.481 e. The Balaban J connectivity index is 2.36. The van der Waals surface area contributed by atoms with Crippen LogP contribution in [0.15, 0.2) is 0 Å². The molecule has 0 aromatic rings. The molecule has 1 unspecified atom stereocenters. The Morgan fingerprint density at radius 1 is 1.57 bits per heavy atom. The molecule has 0 aromatic heterocycles. The third-order valence-corrected chi connectivity index (χ3v) is 2.47. The number of piperidine rings is 1. The van der Waals surface area contributed by atoms with E-state index in [1.54, 1.807) is 0 Å². The van der Waals surface area contributed by atoms with Gasteiger partial charge in [0.1, 0.15) is 0 Å². The van der Waals surface area contributed by atoms with Crippen LogP contribution in [0.5, 0.6) is 0 Å².